The van der Waals surface area contributed by atoms with Gasteiger partial charge in [0.1, 0.15) is 5.75 Å². The second kappa shape index (κ2) is 7.04. The maximum absolute atomic E-state index is 12.1. The molecule has 0 aliphatic carbocycles. The molecule has 0 unspecified atom stereocenters. The third-order valence-corrected chi connectivity index (χ3v) is 3.82. The molecule has 0 saturated heterocycles. The second-order valence-corrected chi connectivity index (χ2v) is 5.39. The Morgan fingerprint density at radius 3 is 2.33 bits per heavy atom. The number of likely N-dealkylation sites (N-methyl/N-ethyl adjacent to an activating group) is 1. The SMILES string of the molecule is CSc1ccc(OCC(=O)N(C)c2ccc(N)cc2)cc1. The largest absolute Gasteiger partial charge is 0.484 e. The summed E-state index contributed by atoms with van der Waals surface area (Å²) in [5, 5.41) is 0. The molecule has 2 N–H and O–H groups in total. The summed E-state index contributed by atoms with van der Waals surface area (Å²) in [6.45, 7) is -0.000505. The summed E-state index contributed by atoms with van der Waals surface area (Å²) in [5.41, 5.74) is 7.09. The summed E-state index contributed by atoms with van der Waals surface area (Å²) < 4.78 is 5.51. The predicted molar refractivity (Wildman–Crippen MR) is 88.0 cm³/mol. The minimum atomic E-state index is -0.117. The van der Waals surface area contributed by atoms with E-state index in [1.54, 1.807) is 48.0 Å². The topological polar surface area (TPSA) is 55.6 Å². The number of rotatable bonds is 5. The predicted octanol–water partition coefficient (Wildman–Crippen LogP) is 3.03. The summed E-state index contributed by atoms with van der Waals surface area (Å²) in [4.78, 5) is 14.8. The molecule has 0 bridgehead atoms. The van der Waals surface area contributed by atoms with Crippen LogP contribution in [0.1, 0.15) is 0 Å². The zero-order valence-electron chi connectivity index (χ0n) is 12.1. The number of hydrogen-bond acceptors (Lipinski definition) is 4. The van der Waals surface area contributed by atoms with Crippen LogP contribution in [-0.2, 0) is 4.79 Å². The van der Waals surface area contributed by atoms with Crippen LogP contribution < -0.4 is 15.4 Å². The third kappa shape index (κ3) is 4.16. The lowest BCUT2D eigenvalue weighted by molar-refractivity contribution is -0.120. The highest BCUT2D eigenvalue weighted by Crippen LogP contribution is 2.19. The van der Waals surface area contributed by atoms with Gasteiger partial charge in [0.2, 0.25) is 0 Å². The fourth-order valence-electron chi connectivity index (χ4n) is 1.76. The molecule has 0 aliphatic heterocycles. The normalized spacial score (nSPS) is 10.2. The van der Waals surface area contributed by atoms with Gasteiger partial charge in [-0.3, -0.25) is 4.79 Å². The second-order valence-electron chi connectivity index (χ2n) is 4.51. The molecule has 5 heteroatoms. The van der Waals surface area contributed by atoms with Crippen LogP contribution in [0.25, 0.3) is 0 Å². The first kappa shape index (κ1) is 15.3. The van der Waals surface area contributed by atoms with Crippen molar-refractivity contribution in [1.82, 2.24) is 0 Å². The Labute approximate surface area is 128 Å². The molecular formula is C16H18N2O2S. The van der Waals surface area contributed by atoms with Crippen LogP contribution in [0.4, 0.5) is 11.4 Å². The van der Waals surface area contributed by atoms with Crippen molar-refractivity contribution in [3.63, 3.8) is 0 Å². The van der Waals surface area contributed by atoms with Crippen LogP contribution in [0.2, 0.25) is 0 Å². The molecule has 0 aliphatic rings. The van der Waals surface area contributed by atoms with Crippen LogP contribution in [-0.4, -0.2) is 25.8 Å². The molecule has 2 rings (SSSR count). The van der Waals surface area contributed by atoms with Crippen molar-refractivity contribution in [2.75, 3.05) is 30.5 Å². The van der Waals surface area contributed by atoms with Gasteiger partial charge in [0.05, 0.1) is 0 Å². The maximum Gasteiger partial charge on any atom is 0.264 e. The lowest BCUT2D eigenvalue weighted by atomic mass is 10.2. The molecule has 2 aromatic rings. The monoisotopic (exact) mass is 302 g/mol. The molecule has 0 spiro atoms. The number of hydrogen-bond donors (Lipinski definition) is 1. The Hall–Kier alpha value is -2.14. The Kier molecular flexibility index (Phi) is 5.11. The van der Waals surface area contributed by atoms with Gasteiger partial charge in [0.25, 0.3) is 5.91 Å². The van der Waals surface area contributed by atoms with E-state index in [1.807, 2.05) is 30.5 Å². The number of nitrogens with zero attached hydrogens (tertiary/aromatic N) is 1. The third-order valence-electron chi connectivity index (χ3n) is 3.08. The van der Waals surface area contributed by atoms with Crippen LogP contribution >= 0.6 is 11.8 Å². The lowest BCUT2D eigenvalue weighted by Gasteiger charge is -2.17. The van der Waals surface area contributed by atoms with E-state index in [0.717, 1.165) is 10.6 Å². The van der Waals surface area contributed by atoms with Gasteiger partial charge in [-0.25, -0.2) is 0 Å². The smallest absolute Gasteiger partial charge is 0.264 e. The van der Waals surface area contributed by atoms with E-state index >= 15 is 0 Å². The van der Waals surface area contributed by atoms with Crippen molar-refractivity contribution in [3.05, 3.63) is 48.5 Å². The van der Waals surface area contributed by atoms with Gasteiger partial charge in [-0.15, -0.1) is 11.8 Å². The number of anilines is 2. The van der Waals surface area contributed by atoms with Gasteiger partial charge in [0, 0.05) is 23.3 Å². The van der Waals surface area contributed by atoms with Crippen molar-refractivity contribution in [3.8, 4) is 5.75 Å². The van der Waals surface area contributed by atoms with E-state index in [2.05, 4.69) is 0 Å². The van der Waals surface area contributed by atoms with Gasteiger partial charge >= 0.3 is 0 Å². The first-order valence-corrected chi connectivity index (χ1v) is 7.71. The zero-order valence-corrected chi connectivity index (χ0v) is 12.9. The molecule has 0 atom stereocenters. The maximum atomic E-state index is 12.1. The van der Waals surface area contributed by atoms with Crippen LogP contribution in [0.5, 0.6) is 5.75 Å². The van der Waals surface area contributed by atoms with Gasteiger partial charge in [-0.2, -0.15) is 0 Å². The van der Waals surface area contributed by atoms with E-state index in [-0.39, 0.29) is 12.5 Å². The summed E-state index contributed by atoms with van der Waals surface area (Å²) in [6.07, 6.45) is 2.01. The highest BCUT2D eigenvalue weighted by molar-refractivity contribution is 7.98. The fourth-order valence-corrected chi connectivity index (χ4v) is 2.16. The number of benzene rings is 2. The number of ether oxygens (including phenoxy) is 1. The van der Waals surface area contributed by atoms with Gasteiger partial charge in [-0.05, 0) is 54.8 Å². The molecule has 0 fully saturated rings. The van der Waals surface area contributed by atoms with E-state index in [0.29, 0.717) is 11.4 Å². The Balaban J connectivity index is 1.92. The Morgan fingerprint density at radius 2 is 1.76 bits per heavy atom. The van der Waals surface area contributed by atoms with Crippen molar-refractivity contribution in [2.24, 2.45) is 0 Å². The molecule has 110 valence electrons. The van der Waals surface area contributed by atoms with E-state index in [9.17, 15) is 4.79 Å². The van der Waals surface area contributed by atoms with Gasteiger partial charge < -0.3 is 15.4 Å². The number of nitrogens with two attached hydrogens (primary N) is 1. The van der Waals surface area contributed by atoms with E-state index < -0.39 is 0 Å². The average Bonchev–Trinajstić information content (AvgIpc) is 2.53. The molecule has 0 heterocycles. The lowest BCUT2D eigenvalue weighted by Crippen LogP contribution is -2.31. The van der Waals surface area contributed by atoms with Crippen molar-refractivity contribution >= 4 is 29.0 Å². The summed E-state index contributed by atoms with van der Waals surface area (Å²) >= 11 is 1.66. The Morgan fingerprint density at radius 1 is 1.14 bits per heavy atom. The van der Waals surface area contributed by atoms with Crippen LogP contribution in [0, 0.1) is 0 Å². The minimum absolute atomic E-state index is 0.000505. The molecule has 4 nitrogen and oxygen atoms in total. The molecule has 0 saturated carbocycles. The number of nitrogen functional groups attached to an aromatic ring is 1. The van der Waals surface area contributed by atoms with Crippen LogP contribution in [0.15, 0.2) is 53.4 Å². The molecule has 0 radical (unpaired) electrons. The molecule has 2 aromatic carbocycles. The van der Waals surface area contributed by atoms with Crippen molar-refractivity contribution in [2.45, 2.75) is 4.90 Å². The first-order chi connectivity index (χ1) is 10.1. The van der Waals surface area contributed by atoms with Gasteiger partial charge in [0.15, 0.2) is 6.61 Å². The number of carbonyl (C=O) groups excluding carboxylic acids is 1. The van der Waals surface area contributed by atoms with Crippen LogP contribution in [0.3, 0.4) is 0 Å². The van der Waals surface area contributed by atoms with E-state index in [1.165, 1.54) is 0 Å². The standard InChI is InChI=1S/C16H18N2O2S/c1-18(13-5-3-12(17)4-6-13)16(19)11-20-14-7-9-15(21-2)10-8-14/h3-10H,11,17H2,1-2H3. The Bertz CT molecular complexity index is 597. The van der Waals surface area contributed by atoms with E-state index in [4.69, 9.17) is 10.5 Å². The molecule has 1 amide bonds. The highest BCUT2D eigenvalue weighted by Gasteiger charge is 2.11. The summed E-state index contributed by atoms with van der Waals surface area (Å²) in [5.74, 6) is 0.570. The van der Waals surface area contributed by atoms with Gasteiger partial charge in [-0.1, -0.05) is 0 Å². The highest BCUT2D eigenvalue weighted by atomic mass is 32.2. The summed E-state index contributed by atoms with van der Waals surface area (Å²) in [7, 11) is 1.72. The van der Waals surface area contributed by atoms with Crippen molar-refractivity contribution in [1.29, 1.82) is 0 Å². The molecular weight excluding hydrogens is 284 g/mol. The number of amides is 1. The molecule has 21 heavy (non-hydrogen) atoms. The number of thioether (sulfide) groups is 1. The fraction of sp³-hybridized carbons (Fsp3) is 0.188. The minimum Gasteiger partial charge on any atom is -0.484 e. The molecule has 0 aromatic heterocycles. The first-order valence-electron chi connectivity index (χ1n) is 6.49. The summed E-state index contributed by atoms with van der Waals surface area (Å²) in [6, 6.07) is 14.8. The zero-order chi connectivity index (χ0) is 15.2. The average molecular weight is 302 g/mol. The van der Waals surface area contributed by atoms with Crippen molar-refractivity contribution < 1.29 is 9.53 Å². The quantitative estimate of drug-likeness (QED) is 0.681. The number of carbonyl (C=O) groups is 1.